The third-order valence-corrected chi connectivity index (χ3v) is 2.60. The van der Waals surface area contributed by atoms with Gasteiger partial charge in [-0.15, -0.1) is 0 Å². The minimum absolute atomic E-state index is 0.206. The molecule has 0 aliphatic carbocycles. The van der Waals surface area contributed by atoms with Gasteiger partial charge in [-0.1, -0.05) is 0 Å². The Hall–Kier alpha value is -1.28. The molecule has 0 aromatic heterocycles. The molecule has 0 saturated carbocycles. The van der Waals surface area contributed by atoms with E-state index in [1.807, 2.05) is 0 Å². The Bertz CT molecular complexity index is 508. The van der Waals surface area contributed by atoms with Crippen LogP contribution < -0.4 is 4.74 Å². The maximum absolute atomic E-state index is 12.3. The van der Waals surface area contributed by atoms with Gasteiger partial charge in [0.15, 0.2) is 0 Å². The molecule has 0 fully saturated rings. The van der Waals surface area contributed by atoms with Crippen LogP contribution in [0, 0.1) is 0 Å². The Labute approximate surface area is 109 Å². The molecule has 19 heavy (non-hydrogen) atoms. The summed E-state index contributed by atoms with van der Waals surface area (Å²) in [6.45, 7) is 1.34. The smallest absolute Gasteiger partial charge is 0.416 e. The molecule has 0 heterocycles. The highest BCUT2D eigenvalue weighted by molar-refractivity contribution is 7.85. The van der Waals surface area contributed by atoms with E-state index in [0.717, 1.165) is 18.4 Å². The maximum Gasteiger partial charge on any atom is 0.416 e. The molecule has 1 aromatic carbocycles. The predicted molar refractivity (Wildman–Crippen MR) is 62.3 cm³/mol. The average molecular weight is 298 g/mol. The van der Waals surface area contributed by atoms with E-state index in [0.29, 0.717) is 0 Å². The first kappa shape index (κ1) is 15.8. The lowest BCUT2D eigenvalue weighted by Gasteiger charge is -2.14. The van der Waals surface area contributed by atoms with E-state index in [4.69, 9.17) is 4.74 Å². The van der Waals surface area contributed by atoms with Crippen molar-refractivity contribution in [1.29, 1.82) is 0 Å². The topological polar surface area (TPSA) is 52.6 Å². The van der Waals surface area contributed by atoms with Gasteiger partial charge >= 0.3 is 6.18 Å². The van der Waals surface area contributed by atoms with Gasteiger partial charge < -0.3 is 4.74 Å². The minimum atomic E-state index is -4.40. The summed E-state index contributed by atoms with van der Waals surface area (Å²) in [7, 11) is -3.57. The minimum Gasteiger partial charge on any atom is -0.488 e. The molecule has 1 rings (SSSR count). The zero-order valence-corrected chi connectivity index (χ0v) is 11.1. The Balaban J connectivity index is 2.58. The van der Waals surface area contributed by atoms with Crippen molar-refractivity contribution < 1.29 is 30.5 Å². The molecule has 1 atom stereocenters. The Morgan fingerprint density at radius 3 is 2.16 bits per heavy atom. The molecule has 1 aromatic rings. The van der Waals surface area contributed by atoms with E-state index in [1.54, 1.807) is 6.92 Å². The van der Waals surface area contributed by atoms with Crippen molar-refractivity contribution in [2.75, 3.05) is 12.9 Å². The quantitative estimate of drug-likeness (QED) is 0.784. The highest BCUT2D eigenvalue weighted by atomic mass is 32.2. The third-order valence-electron chi connectivity index (χ3n) is 2.04. The van der Waals surface area contributed by atoms with E-state index in [9.17, 15) is 21.6 Å². The second kappa shape index (κ2) is 5.79. The molecule has 1 unspecified atom stereocenters. The number of benzene rings is 1. The van der Waals surface area contributed by atoms with Crippen LogP contribution in [0.15, 0.2) is 24.3 Å². The monoisotopic (exact) mass is 298 g/mol. The first-order chi connectivity index (χ1) is 8.58. The van der Waals surface area contributed by atoms with E-state index < -0.39 is 28.0 Å². The zero-order valence-electron chi connectivity index (χ0n) is 10.3. The molecule has 0 saturated heterocycles. The van der Waals surface area contributed by atoms with Crippen molar-refractivity contribution in [3.63, 3.8) is 0 Å². The van der Waals surface area contributed by atoms with Gasteiger partial charge in [-0.25, -0.2) is 0 Å². The molecule has 0 aliphatic heterocycles. The van der Waals surface area contributed by atoms with Crippen LogP contribution >= 0.6 is 0 Å². The summed E-state index contributed by atoms with van der Waals surface area (Å²) in [5, 5.41) is 0. The van der Waals surface area contributed by atoms with Gasteiger partial charge in [0.1, 0.15) is 18.5 Å². The predicted octanol–water partition coefficient (Wildman–Crippen LogP) is 2.45. The van der Waals surface area contributed by atoms with Crippen LogP contribution in [-0.2, 0) is 20.5 Å². The number of ether oxygens (including phenoxy) is 1. The summed E-state index contributed by atoms with van der Waals surface area (Å²) in [4.78, 5) is 0. The van der Waals surface area contributed by atoms with Crippen LogP contribution in [0.3, 0.4) is 0 Å². The highest BCUT2D eigenvalue weighted by Crippen LogP contribution is 2.30. The van der Waals surface area contributed by atoms with Gasteiger partial charge in [0, 0.05) is 0 Å². The van der Waals surface area contributed by atoms with Crippen LogP contribution in [0.5, 0.6) is 5.75 Å². The number of rotatable bonds is 5. The van der Waals surface area contributed by atoms with Crippen molar-refractivity contribution in [2.45, 2.75) is 19.2 Å². The molecule has 0 N–H and O–H groups in total. The zero-order chi connectivity index (χ0) is 14.7. The number of halogens is 3. The van der Waals surface area contributed by atoms with Crippen LogP contribution in [0.25, 0.3) is 0 Å². The first-order valence-corrected chi connectivity index (χ1v) is 7.08. The fraction of sp³-hybridized carbons (Fsp3) is 0.455. The molecule has 0 bridgehead atoms. The molecule has 8 heteroatoms. The third kappa shape index (κ3) is 5.93. The van der Waals surface area contributed by atoms with Crippen LogP contribution in [-0.4, -0.2) is 27.4 Å². The van der Waals surface area contributed by atoms with E-state index >= 15 is 0 Å². The summed E-state index contributed by atoms with van der Waals surface area (Å²) in [5.74, 6) is 0.206. The van der Waals surface area contributed by atoms with Gasteiger partial charge in [0.05, 0.1) is 11.8 Å². The molecule has 108 valence electrons. The summed E-state index contributed by atoms with van der Waals surface area (Å²) in [6.07, 6.45) is -4.10. The highest BCUT2D eigenvalue weighted by Gasteiger charge is 2.30. The molecular weight excluding hydrogens is 285 g/mol. The van der Waals surface area contributed by atoms with Gasteiger partial charge in [-0.2, -0.15) is 21.6 Å². The van der Waals surface area contributed by atoms with Crippen molar-refractivity contribution in [3.05, 3.63) is 29.8 Å². The summed E-state index contributed by atoms with van der Waals surface area (Å²) >= 11 is 0. The molecule has 4 nitrogen and oxygen atoms in total. The SMILES string of the molecule is CC(COS(C)(=O)=O)Oc1ccc(C(F)(F)F)cc1. The Morgan fingerprint density at radius 1 is 1.21 bits per heavy atom. The van der Waals surface area contributed by atoms with Crippen molar-refractivity contribution >= 4 is 10.1 Å². The van der Waals surface area contributed by atoms with Gasteiger partial charge in [0.25, 0.3) is 10.1 Å². The van der Waals surface area contributed by atoms with Crippen molar-refractivity contribution in [1.82, 2.24) is 0 Å². The molecule has 0 radical (unpaired) electrons. The Kier molecular flexibility index (Phi) is 4.81. The molecule has 0 amide bonds. The number of alkyl halides is 3. The largest absolute Gasteiger partial charge is 0.488 e. The Morgan fingerprint density at radius 2 is 1.74 bits per heavy atom. The lowest BCUT2D eigenvalue weighted by molar-refractivity contribution is -0.137. The fourth-order valence-corrected chi connectivity index (χ4v) is 1.65. The van der Waals surface area contributed by atoms with Crippen LogP contribution in [0.1, 0.15) is 12.5 Å². The van der Waals surface area contributed by atoms with Crippen LogP contribution in [0.4, 0.5) is 13.2 Å². The van der Waals surface area contributed by atoms with Crippen molar-refractivity contribution in [2.24, 2.45) is 0 Å². The van der Waals surface area contributed by atoms with Crippen molar-refractivity contribution in [3.8, 4) is 5.75 Å². The normalized spacial score (nSPS) is 14.2. The number of hydrogen-bond donors (Lipinski definition) is 0. The molecule has 0 aliphatic rings. The summed E-state index contributed by atoms with van der Waals surface area (Å²) in [5.41, 5.74) is -0.778. The van der Waals surface area contributed by atoms with Crippen LogP contribution in [0.2, 0.25) is 0 Å². The van der Waals surface area contributed by atoms with E-state index in [2.05, 4.69) is 4.18 Å². The summed E-state index contributed by atoms with van der Waals surface area (Å²) < 4.78 is 68.1. The van der Waals surface area contributed by atoms with E-state index in [-0.39, 0.29) is 12.4 Å². The van der Waals surface area contributed by atoms with Gasteiger partial charge in [-0.05, 0) is 31.2 Å². The molecular formula is C11H13F3O4S. The molecule has 0 spiro atoms. The van der Waals surface area contributed by atoms with Gasteiger partial charge in [0.2, 0.25) is 0 Å². The van der Waals surface area contributed by atoms with E-state index in [1.165, 1.54) is 12.1 Å². The summed E-state index contributed by atoms with van der Waals surface area (Å²) in [6, 6.07) is 4.11. The first-order valence-electron chi connectivity index (χ1n) is 5.26. The number of hydrogen-bond acceptors (Lipinski definition) is 4. The maximum atomic E-state index is 12.3. The lowest BCUT2D eigenvalue weighted by atomic mass is 10.2. The fourth-order valence-electron chi connectivity index (χ4n) is 1.21. The standard InChI is InChI=1S/C11H13F3O4S/c1-8(7-17-19(2,15)16)18-10-5-3-9(4-6-10)11(12,13)14/h3-6,8H,7H2,1-2H3. The average Bonchev–Trinajstić information content (AvgIpc) is 2.25. The second-order valence-electron chi connectivity index (χ2n) is 3.94. The lowest BCUT2D eigenvalue weighted by Crippen LogP contribution is -2.21. The second-order valence-corrected chi connectivity index (χ2v) is 5.58. The van der Waals surface area contributed by atoms with Gasteiger partial charge in [-0.3, -0.25) is 4.18 Å².